The summed E-state index contributed by atoms with van der Waals surface area (Å²) < 4.78 is 16.6. The summed E-state index contributed by atoms with van der Waals surface area (Å²) >= 11 is 0. The lowest BCUT2D eigenvalue weighted by Gasteiger charge is -2.23. The molecule has 1 fully saturated rings. The maximum atomic E-state index is 9.75. The van der Waals surface area contributed by atoms with E-state index in [1.807, 2.05) is 18.2 Å². The van der Waals surface area contributed by atoms with E-state index in [1.54, 1.807) is 14.0 Å². The predicted octanol–water partition coefficient (Wildman–Crippen LogP) is 2.70. The molecule has 19 heavy (non-hydrogen) atoms. The molecule has 1 aromatic carbocycles. The van der Waals surface area contributed by atoms with Crippen LogP contribution in [0.4, 0.5) is 0 Å². The summed E-state index contributed by atoms with van der Waals surface area (Å²) in [5.74, 6) is 1.40. The van der Waals surface area contributed by atoms with Crippen molar-refractivity contribution in [2.24, 2.45) is 0 Å². The summed E-state index contributed by atoms with van der Waals surface area (Å²) in [5, 5.41) is 9.75. The van der Waals surface area contributed by atoms with Gasteiger partial charge in [0.25, 0.3) is 0 Å². The van der Waals surface area contributed by atoms with E-state index in [0.29, 0.717) is 12.4 Å². The van der Waals surface area contributed by atoms with E-state index in [2.05, 4.69) is 0 Å². The summed E-state index contributed by atoms with van der Waals surface area (Å²) in [6, 6.07) is 5.47. The Hall–Kier alpha value is -1.26. The molecule has 0 aromatic heterocycles. The number of aliphatic hydroxyl groups excluding tert-OH is 1. The van der Waals surface area contributed by atoms with Gasteiger partial charge in [-0.15, -0.1) is 0 Å². The first kappa shape index (κ1) is 14.2. The molecular weight excluding hydrogens is 244 g/mol. The van der Waals surface area contributed by atoms with Crippen LogP contribution in [-0.4, -0.2) is 31.5 Å². The Balaban J connectivity index is 2.03. The molecule has 1 aromatic rings. The zero-order chi connectivity index (χ0) is 13.7. The number of hydrogen-bond donors (Lipinski definition) is 1. The van der Waals surface area contributed by atoms with Crippen LogP contribution in [0.1, 0.15) is 37.9 Å². The Morgan fingerprint density at radius 1 is 1.42 bits per heavy atom. The highest BCUT2D eigenvalue weighted by atomic mass is 16.5. The third kappa shape index (κ3) is 3.85. The van der Waals surface area contributed by atoms with Gasteiger partial charge in [-0.05, 0) is 38.3 Å². The fraction of sp³-hybridized carbons (Fsp3) is 0.600. The Labute approximate surface area is 114 Å². The fourth-order valence-corrected chi connectivity index (χ4v) is 2.23. The largest absolute Gasteiger partial charge is 0.497 e. The minimum absolute atomic E-state index is 0.154. The van der Waals surface area contributed by atoms with Gasteiger partial charge in [-0.1, -0.05) is 0 Å². The van der Waals surface area contributed by atoms with Crippen LogP contribution in [0.25, 0.3) is 0 Å². The molecule has 0 amide bonds. The highest BCUT2D eigenvalue weighted by Gasteiger charge is 2.16. The molecule has 0 spiro atoms. The van der Waals surface area contributed by atoms with Gasteiger partial charge in [0.15, 0.2) is 0 Å². The van der Waals surface area contributed by atoms with Crippen molar-refractivity contribution in [3.05, 3.63) is 23.8 Å². The zero-order valence-corrected chi connectivity index (χ0v) is 11.6. The second-order valence-electron chi connectivity index (χ2n) is 4.88. The Morgan fingerprint density at radius 2 is 2.26 bits per heavy atom. The van der Waals surface area contributed by atoms with Gasteiger partial charge in [-0.3, -0.25) is 0 Å². The summed E-state index contributed by atoms with van der Waals surface area (Å²) in [6.45, 7) is 3.06. The van der Waals surface area contributed by atoms with Crippen LogP contribution < -0.4 is 9.47 Å². The van der Waals surface area contributed by atoms with E-state index in [1.165, 1.54) is 6.42 Å². The van der Waals surface area contributed by atoms with Gasteiger partial charge < -0.3 is 19.3 Å². The van der Waals surface area contributed by atoms with Crippen LogP contribution >= 0.6 is 0 Å². The van der Waals surface area contributed by atoms with E-state index in [4.69, 9.17) is 14.2 Å². The number of ether oxygens (including phenoxy) is 3. The van der Waals surface area contributed by atoms with Crippen LogP contribution in [0, 0.1) is 0 Å². The maximum absolute atomic E-state index is 9.75. The van der Waals surface area contributed by atoms with Gasteiger partial charge in [0.1, 0.15) is 18.1 Å². The SMILES string of the molecule is COc1ccc([C@H](C)O)c(OCC2CCCCO2)c1. The van der Waals surface area contributed by atoms with E-state index in [9.17, 15) is 5.11 Å². The summed E-state index contributed by atoms with van der Waals surface area (Å²) in [7, 11) is 1.62. The van der Waals surface area contributed by atoms with Crippen LogP contribution in [0.5, 0.6) is 11.5 Å². The number of hydrogen-bond acceptors (Lipinski definition) is 4. The zero-order valence-electron chi connectivity index (χ0n) is 11.6. The molecule has 2 rings (SSSR count). The van der Waals surface area contributed by atoms with Crippen molar-refractivity contribution in [3.63, 3.8) is 0 Å². The summed E-state index contributed by atoms with van der Waals surface area (Å²) in [5.41, 5.74) is 0.775. The number of aliphatic hydroxyl groups is 1. The second kappa shape index (κ2) is 6.78. The van der Waals surface area contributed by atoms with E-state index >= 15 is 0 Å². The number of benzene rings is 1. The van der Waals surface area contributed by atoms with Crippen molar-refractivity contribution in [1.82, 2.24) is 0 Å². The molecule has 0 radical (unpaired) electrons. The number of methoxy groups -OCH3 is 1. The lowest BCUT2D eigenvalue weighted by molar-refractivity contribution is -0.0116. The van der Waals surface area contributed by atoms with Crippen molar-refractivity contribution in [3.8, 4) is 11.5 Å². The Kier molecular flexibility index (Phi) is 5.05. The normalized spacial score (nSPS) is 20.9. The molecule has 2 atom stereocenters. The molecule has 0 aliphatic carbocycles. The standard InChI is InChI=1S/C15H22O4/c1-11(16)14-7-6-12(17-2)9-15(14)19-10-13-5-3-4-8-18-13/h6-7,9,11,13,16H,3-5,8,10H2,1-2H3/t11-,13?/m0/s1. The minimum atomic E-state index is -0.562. The molecule has 106 valence electrons. The third-order valence-electron chi connectivity index (χ3n) is 3.37. The van der Waals surface area contributed by atoms with Crippen LogP contribution in [0.2, 0.25) is 0 Å². The molecule has 1 aliphatic heterocycles. The van der Waals surface area contributed by atoms with Gasteiger partial charge >= 0.3 is 0 Å². The van der Waals surface area contributed by atoms with Gasteiger partial charge in [0.2, 0.25) is 0 Å². The average molecular weight is 266 g/mol. The van der Waals surface area contributed by atoms with Crippen LogP contribution in [0.15, 0.2) is 18.2 Å². The molecule has 4 nitrogen and oxygen atoms in total. The van der Waals surface area contributed by atoms with Crippen molar-refractivity contribution in [2.75, 3.05) is 20.3 Å². The van der Waals surface area contributed by atoms with Crippen LogP contribution in [-0.2, 0) is 4.74 Å². The van der Waals surface area contributed by atoms with Crippen LogP contribution in [0.3, 0.4) is 0 Å². The molecule has 1 N–H and O–H groups in total. The molecule has 4 heteroatoms. The lowest BCUT2D eigenvalue weighted by Crippen LogP contribution is -2.26. The van der Waals surface area contributed by atoms with Gasteiger partial charge in [0, 0.05) is 18.2 Å². The smallest absolute Gasteiger partial charge is 0.128 e. The fourth-order valence-electron chi connectivity index (χ4n) is 2.23. The first-order valence-corrected chi connectivity index (χ1v) is 6.81. The van der Waals surface area contributed by atoms with Crippen molar-refractivity contribution < 1.29 is 19.3 Å². The van der Waals surface area contributed by atoms with Crippen molar-refractivity contribution in [2.45, 2.75) is 38.4 Å². The van der Waals surface area contributed by atoms with Crippen molar-refractivity contribution in [1.29, 1.82) is 0 Å². The Morgan fingerprint density at radius 3 is 2.89 bits per heavy atom. The second-order valence-corrected chi connectivity index (χ2v) is 4.88. The Bertz CT molecular complexity index is 397. The molecule has 1 heterocycles. The monoisotopic (exact) mass is 266 g/mol. The van der Waals surface area contributed by atoms with E-state index in [-0.39, 0.29) is 6.10 Å². The highest BCUT2D eigenvalue weighted by molar-refractivity contribution is 5.41. The third-order valence-corrected chi connectivity index (χ3v) is 3.37. The summed E-state index contributed by atoms with van der Waals surface area (Å²) in [4.78, 5) is 0. The van der Waals surface area contributed by atoms with Crippen molar-refractivity contribution >= 4 is 0 Å². The molecule has 1 unspecified atom stereocenters. The average Bonchev–Trinajstić information content (AvgIpc) is 2.45. The highest BCUT2D eigenvalue weighted by Crippen LogP contribution is 2.30. The number of rotatable bonds is 5. The van der Waals surface area contributed by atoms with Gasteiger partial charge in [-0.2, -0.15) is 0 Å². The molecule has 1 aliphatic rings. The molecular formula is C15H22O4. The lowest BCUT2D eigenvalue weighted by atomic mass is 10.1. The van der Waals surface area contributed by atoms with Gasteiger partial charge in [-0.25, -0.2) is 0 Å². The van der Waals surface area contributed by atoms with E-state index in [0.717, 1.165) is 30.8 Å². The predicted molar refractivity (Wildman–Crippen MR) is 72.7 cm³/mol. The minimum Gasteiger partial charge on any atom is -0.497 e. The van der Waals surface area contributed by atoms with Gasteiger partial charge in [0.05, 0.1) is 19.3 Å². The van der Waals surface area contributed by atoms with E-state index < -0.39 is 6.10 Å². The molecule has 1 saturated heterocycles. The molecule has 0 saturated carbocycles. The quantitative estimate of drug-likeness (QED) is 0.890. The maximum Gasteiger partial charge on any atom is 0.128 e. The topological polar surface area (TPSA) is 47.9 Å². The summed E-state index contributed by atoms with van der Waals surface area (Å²) in [6.07, 6.45) is 2.95. The molecule has 0 bridgehead atoms. The first-order chi connectivity index (χ1) is 9.20. The first-order valence-electron chi connectivity index (χ1n) is 6.81.